The predicted octanol–water partition coefficient (Wildman–Crippen LogP) is 1.23. The summed E-state index contributed by atoms with van der Waals surface area (Å²) < 4.78 is 5.62. The molecule has 0 aromatic carbocycles. The van der Waals surface area contributed by atoms with Crippen LogP contribution >= 0.6 is 11.3 Å². The third-order valence-electron chi connectivity index (χ3n) is 2.63. The van der Waals surface area contributed by atoms with Gasteiger partial charge in [0.2, 0.25) is 5.13 Å². The van der Waals surface area contributed by atoms with Crippen molar-refractivity contribution in [3.63, 3.8) is 0 Å². The molecule has 0 aliphatic heterocycles. The highest BCUT2D eigenvalue weighted by Gasteiger charge is 2.17. The van der Waals surface area contributed by atoms with Gasteiger partial charge in [0.15, 0.2) is 5.76 Å². The molecule has 22 heavy (non-hydrogen) atoms. The van der Waals surface area contributed by atoms with Crippen molar-refractivity contribution in [3.8, 4) is 0 Å². The first-order valence-corrected chi connectivity index (χ1v) is 6.86. The van der Waals surface area contributed by atoms with Gasteiger partial charge in [-0.1, -0.05) is 0 Å². The fourth-order valence-corrected chi connectivity index (χ4v) is 2.28. The van der Waals surface area contributed by atoms with E-state index in [1.165, 1.54) is 36.9 Å². The lowest BCUT2D eigenvalue weighted by molar-refractivity contribution is 0.0939. The van der Waals surface area contributed by atoms with Crippen LogP contribution in [0.25, 0.3) is 0 Å². The fraction of sp³-hybridized carbons (Fsp3) is 0. The first-order chi connectivity index (χ1) is 10.6. The van der Waals surface area contributed by atoms with Crippen LogP contribution < -0.4 is 10.2 Å². The predicted molar refractivity (Wildman–Crippen MR) is 77.0 cm³/mol. The van der Waals surface area contributed by atoms with E-state index in [1.54, 1.807) is 6.07 Å². The molecule has 0 saturated carbocycles. The molecule has 3 heterocycles. The Kier molecular flexibility index (Phi) is 3.62. The number of nitrogens with zero attached hydrogens (tertiary/aromatic N) is 3. The largest absolute Gasteiger partial charge is 0.459 e. The normalized spacial score (nSPS) is 10.4. The van der Waals surface area contributed by atoms with Crippen molar-refractivity contribution in [1.29, 1.82) is 0 Å². The van der Waals surface area contributed by atoms with E-state index in [4.69, 9.17) is 4.42 Å². The third-order valence-corrected chi connectivity index (χ3v) is 3.36. The van der Waals surface area contributed by atoms with Crippen LogP contribution in [0.1, 0.15) is 20.9 Å². The van der Waals surface area contributed by atoms with Crippen molar-refractivity contribution in [2.24, 2.45) is 0 Å². The highest BCUT2D eigenvalue weighted by Crippen LogP contribution is 2.10. The summed E-state index contributed by atoms with van der Waals surface area (Å²) in [5.41, 5.74) is 0.270. The number of aromatic nitrogens is 3. The molecule has 9 heteroatoms. The Bertz CT molecular complexity index is 867. The summed E-state index contributed by atoms with van der Waals surface area (Å²) in [6, 6.07) is 5.96. The second-order valence-corrected chi connectivity index (χ2v) is 5.00. The molecule has 0 atom stereocenters. The Hall–Kier alpha value is -3.07. The first-order valence-electron chi connectivity index (χ1n) is 6.05. The van der Waals surface area contributed by atoms with Gasteiger partial charge in [0.05, 0.1) is 6.26 Å². The Morgan fingerprint density at radius 3 is 2.68 bits per heavy atom. The van der Waals surface area contributed by atoms with Crippen LogP contribution in [0.15, 0.2) is 52.1 Å². The molecule has 3 rings (SSSR count). The average molecular weight is 316 g/mol. The number of carbonyl (C=O) groups is 2. The van der Waals surface area contributed by atoms with Crippen molar-refractivity contribution in [3.05, 3.63) is 63.9 Å². The topological polar surface area (TPSA) is 107 Å². The van der Waals surface area contributed by atoms with Crippen LogP contribution in [-0.2, 0) is 0 Å². The van der Waals surface area contributed by atoms with Gasteiger partial charge in [-0.05, 0) is 35.6 Å². The molecule has 1 amide bonds. The molecule has 0 aliphatic carbocycles. The molecular weight excluding hydrogens is 308 g/mol. The Morgan fingerprint density at radius 1 is 1.23 bits per heavy atom. The van der Waals surface area contributed by atoms with E-state index in [0.29, 0.717) is 16.0 Å². The van der Waals surface area contributed by atoms with Crippen molar-refractivity contribution in [2.45, 2.75) is 0 Å². The van der Waals surface area contributed by atoms with E-state index in [0.717, 1.165) is 0 Å². The number of hydrogen-bond acceptors (Lipinski definition) is 7. The molecular formula is C13H8N4O4S. The van der Waals surface area contributed by atoms with Crippen molar-refractivity contribution >= 4 is 28.3 Å². The summed E-state index contributed by atoms with van der Waals surface area (Å²) in [5.74, 6) is -1.07. The van der Waals surface area contributed by atoms with E-state index < -0.39 is 16.7 Å². The number of nitrogens with one attached hydrogen (secondary N) is 1. The van der Waals surface area contributed by atoms with Gasteiger partial charge in [0.25, 0.3) is 11.8 Å². The number of carbonyl (C=O) groups excluding carboxylic acids is 2. The lowest BCUT2D eigenvalue weighted by atomic mass is 10.2. The van der Waals surface area contributed by atoms with Crippen molar-refractivity contribution in [1.82, 2.24) is 14.8 Å². The zero-order valence-corrected chi connectivity index (χ0v) is 11.7. The number of rotatable bonds is 3. The molecule has 3 aromatic heterocycles. The minimum absolute atomic E-state index is 0.00815. The zero-order valence-electron chi connectivity index (χ0n) is 10.9. The fourth-order valence-electron chi connectivity index (χ4n) is 1.64. The second-order valence-electron chi connectivity index (χ2n) is 4.06. The van der Waals surface area contributed by atoms with Gasteiger partial charge in [-0.3, -0.25) is 24.7 Å². The first kappa shape index (κ1) is 13.9. The molecule has 1 N–H and O–H groups in total. The number of anilines is 1. The van der Waals surface area contributed by atoms with Gasteiger partial charge < -0.3 is 4.42 Å². The minimum atomic E-state index is -0.600. The standard InChI is InChI=1S/C13H8N4O4S/c18-10(9-2-1-7-21-9)15-12-16-17(13(20)22-12)11(19)8-3-5-14-6-4-8/h1-7H,(H,15,16,18). The van der Waals surface area contributed by atoms with E-state index in [2.05, 4.69) is 15.4 Å². The van der Waals surface area contributed by atoms with Crippen LogP contribution in [0.5, 0.6) is 0 Å². The number of pyridine rings is 1. The lowest BCUT2D eigenvalue weighted by Gasteiger charge is -1.98. The Labute approximate surface area is 127 Å². The van der Waals surface area contributed by atoms with Gasteiger partial charge in [-0.2, -0.15) is 0 Å². The summed E-state index contributed by atoms with van der Waals surface area (Å²) in [4.78, 5) is 39.0. The maximum Gasteiger partial charge on any atom is 0.334 e. The molecule has 0 fully saturated rings. The molecule has 0 aliphatic rings. The van der Waals surface area contributed by atoms with E-state index in [1.807, 2.05) is 0 Å². The molecule has 0 saturated heterocycles. The van der Waals surface area contributed by atoms with Crippen LogP contribution in [0.2, 0.25) is 0 Å². The number of hydrogen-bond donors (Lipinski definition) is 1. The van der Waals surface area contributed by atoms with Crippen LogP contribution in [0, 0.1) is 0 Å². The average Bonchev–Trinajstić information content (AvgIpc) is 3.17. The van der Waals surface area contributed by atoms with Crippen LogP contribution in [0.3, 0.4) is 0 Å². The summed E-state index contributed by atoms with van der Waals surface area (Å²) in [6.07, 6.45) is 4.22. The quantitative estimate of drug-likeness (QED) is 0.779. The highest BCUT2D eigenvalue weighted by atomic mass is 32.1. The molecule has 3 aromatic rings. The van der Waals surface area contributed by atoms with Crippen molar-refractivity contribution < 1.29 is 14.0 Å². The number of amides is 1. The highest BCUT2D eigenvalue weighted by molar-refractivity contribution is 7.13. The monoisotopic (exact) mass is 316 g/mol. The number of furan rings is 1. The van der Waals surface area contributed by atoms with Gasteiger partial charge in [0.1, 0.15) is 0 Å². The Morgan fingerprint density at radius 2 is 2.00 bits per heavy atom. The van der Waals surface area contributed by atoms with Crippen molar-refractivity contribution in [2.75, 3.05) is 5.32 Å². The minimum Gasteiger partial charge on any atom is -0.459 e. The molecule has 110 valence electrons. The van der Waals surface area contributed by atoms with Gasteiger partial charge in [0, 0.05) is 18.0 Å². The van der Waals surface area contributed by atoms with Gasteiger partial charge >= 0.3 is 4.87 Å². The zero-order chi connectivity index (χ0) is 15.5. The third kappa shape index (κ3) is 2.69. The van der Waals surface area contributed by atoms with E-state index in [9.17, 15) is 14.4 Å². The maximum absolute atomic E-state index is 12.1. The van der Waals surface area contributed by atoms with Gasteiger partial charge in [-0.15, -0.1) is 9.78 Å². The second kappa shape index (κ2) is 5.74. The van der Waals surface area contributed by atoms with Crippen LogP contribution in [0.4, 0.5) is 5.13 Å². The van der Waals surface area contributed by atoms with Gasteiger partial charge in [-0.25, -0.2) is 0 Å². The molecule has 0 unspecified atom stereocenters. The summed E-state index contributed by atoms with van der Waals surface area (Å²) in [6.45, 7) is 0. The molecule has 0 spiro atoms. The van der Waals surface area contributed by atoms with E-state index >= 15 is 0 Å². The smallest absolute Gasteiger partial charge is 0.334 e. The molecule has 0 bridgehead atoms. The Balaban J connectivity index is 1.84. The maximum atomic E-state index is 12.1. The van der Waals surface area contributed by atoms with Crippen LogP contribution in [-0.4, -0.2) is 26.6 Å². The van der Waals surface area contributed by atoms with E-state index in [-0.39, 0.29) is 16.5 Å². The summed E-state index contributed by atoms with van der Waals surface area (Å²) >= 11 is 0.649. The molecule has 8 nitrogen and oxygen atoms in total. The SMILES string of the molecule is O=C(Nc1nn(C(=O)c2ccncc2)c(=O)s1)c1ccco1. The molecule has 0 radical (unpaired) electrons. The summed E-state index contributed by atoms with van der Waals surface area (Å²) in [7, 11) is 0. The summed E-state index contributed by atoms with van der Waals surface area (Å²) in [5, 5.41) is 6.22. The lowest BCUT2D eigenvalue weighted by Crippen LogP contribution is -2.24.